The summed E-state index contributed by atoms with van der Waals surface area (Å²) < 4.78 is 17.3. The number of nitrogens with one attached hydrogen (secondary N) is 1. The molecule has 1 heterocycles. The highest BCUT2D eigenvalue weighted by Crippen LogP contribution is 2.30. The number of benzene rings is 3. The average Bonchev–Trinajstić information content (AvgIpc) is 3.29. The molecule has 202 valence electrons. The monoisotopic (exact) mass is 528 g/mol. The van der Waals surface area contributed by atoms with Gasteiger partial charge in [0.05, 0.1) is 12.6 Å². The first kappa shape index (κ1) is 27.4. The molecule has 3 aromatic carbocycles. The van der Waals surface area contributed by atoms with E-state index in [9.17, 15) is 14.4 Å². The average molecular weight is 529 g/mol. The largest absolute Gasteiger partial charge is 0.467 e. The smallest absolute Gasteiger partial charge is 0.419 e. The van der Waals surface area contributed by atoms with Crippen molar-refractivity contribution in [2.45, 2.75) is 45.4 Å². The molecule has 0 aliphatic carbocycles. The highest BCUT2D eigenvalue weighted by molar-refractivity contribution is 5.95. The summed E-state index contributed by atoms with van der Waals surface area (Å²) in [4.78, 5) is 38.4. The number of hydrogen-bond donors (Lipinski definition) is 1. The lowest BCUT2D eigenvalue weighted by molar-refractivity contribution is -0.143. The Bertz CT molecular complexity index is 1460. The number of rotatable bonds is 7. The van der Waals surface area contributed by atoms with Gasteiger partial charge in [-0.3, -0.25) is 4.57 Å². The van der Waals surface area contributed by atoms with Gasteiger partial charge in [-0.15, -0.1) is 0 Å². The number of carbonyl (C=O) groups is 3. The van der Waals surface area contributed by atoms with E-state index in [2.05, 4.69) is 5.32 Å². The Morgan fingerprint density at radius 1 is 0.897 bits per heavy atom. The number of methoxy groups -OCH3 is 1. The van der Waals surface area contributed by atoms with Crippen molar-refractivity contribution in [3.8, 4) is 11.1 Å². The van der Waals surface area contributed by atoms with E-state index in [0.717, 1.165) is 22.1 Å². The van der Waals surface area contributed by atoms with Crippen molar-refractivity contribution in [1.29, 1.82) is 0 Å². The lowest BCUT2D eigenvalue weighted by Crippen LogP contribution is -2.43. The van der Waals surface area contributed by atoms with Crippen molar-refractivity contribution in [1.82, 2.24) is 9.88 Å². The zero-order chi connectivity index (χ0) is 28.0. The van der Waals surface area contributed by atoms with Gasteiger partial charge in [0.2, 0.25) is 0 Å². The normalized spacial score (nSPS) is 12.0. The fourth-order valence-corrected chi connectivity index (χ4v) is 4.20. The summed E-state index contributed by atoms with van der Waals surface area (Å²) in [6.07, 6.45) is 0.407. The third-order valence-electron chi connectivity index (χ3n) is 6.00. The van der Waals surface area contributed by atoms with Gasteiger partial charge in [-0.1, -0.05) is 66.7 Å². The van der Waals surface area contributed by atoms with Crippen molar-refractivity contribution in [2.24, 2.45) is 0 Å². The van der Waals surface area contributed by atoms with Gasteiger partial charge in [-0.25, -0.2) is 14.4 Å². The Kier molecular flexibility index (Phi) is 8.34. The van der Waals surface area contributed by atoms with E-state index in [1.165, 1.54) is 11.7 Å². The molecule has 1 aromatic heterocycles. The Balaban J connectivity index is 1.66. The number of carbonyl (C=O) groups excluding carboxylic acids is 3. The maximum atomic E-state index is 13.1. The van der Waals surface area contributed by atoms with Crippen LogP contribution in [-0.2, 0) is 32.0 Å². The summed E-state index contributed by atoms with van der Waals surface area (Å²) in [7, 11) is 1.25. The fraction of sp³-hybridized carbons (Fsp3) is 0.258. The highest BCUT2D eigenvalue weighted by atomic mass is 16.6. The Hall–Kier alpha value is -4.59. The lowest BCUT2D eigenvalue weighted by atomic mass is 10.00. The van der Waals surface area contributed by atoms with E-state index in [-0.39, 0.29) is 13.0 Å². The summed E-state index contributed by atoms with van der Waals surface area (Å²) in [5, 5.41) is 3.36. The molecule has 1 atom stereocenters. The van der Waals surface area contributed by atoms with Gasteiger partial charge in [0.25, 0.3) is 0 Å². The fourth-order valence-electron chi connectivity index (χ4n) is 4.20. The van der Waals surface area contributed by atoms with Crippen molar-refractivity contribution in [3.63, 3.8) is 0 Å². The number of amides is 1. The van der Waals surface area contributed by atoms with Crippen molar-refractivity contribution in [2.75, 3.05) is 7.11 Å². The van der Waals surface area contributed by atoms with Gasteiger partial charge in [0.1, 0.15) is 18.2 Å². The summed E-state index contributed by atoms with van der Waals surface area (Å²) in [6, 6.07) is 23.7. The summed E-state index contributed by atoms with van der Waals surface area (Å²) in [5.41, 5.74) is 3.34. The molecule has 0 radical (unpaired) electrons. The Morgan fingerprint density at radius 2 is 1.56 bits per heavy atom. The molecular weight excluding hydrogens is 496 g/mol. The molecule has 39 heavy (non-hydrogen) atoms. The van der Waals surface area contributed by atoms with Crippen LogP contribution in [0.4, 0.5) is 9.59 Å². The van der Waals surface area contributed by atoms with Crippen LogP contribution in [0.25, 0.3) is 22.0 Å². The summed E-state index contributed by atoms with van der Waals surface area (Å²) >= 11 is 0. The maximum Gasteiger partial charge on any atom is 0.419 e. The first-order chi connectivity index (χ1) is 18.6. The predicted molar refractivity (Wildman–Crippen MR) is 148 cm³/mol. The van der Waals surface area contributed by atoms with Gasteiger partial charge >= 0.3 is 18.2 Å². The van der Waals surface area contributed by atoms with Gasteiger partial charge in [-0.2, -0.15) is 0 Å². The van der Waals surface area contributed by atoms with E-state index < -0.39 is 29.8 Å². The Labute approximate surface area is 227 Å². The topological polar surface area (TPSA) is 95.9 Å². The van der Waals surface area contributed by atoms with E-state index in [0.29, 0.717) is 11.1 Å². The number of nitrogens with zero attached hydrogens (tertiary/aromatic N) is 1. The number of esters is 1. The molecule has 0 saturated carbocycles. The SMILES string of the molecule is COC(=O)[C@H](Cc1cn(C(=O)OC(C)(C)C)c2ccc(-c3ccccc3)cc12)NC(=O)OCc1ccccc1. The third kappa shape index (κ3) is 7.04. The zero-order valence-corrected chi connectivity index (χ0v) is 22.5. The first-order valence-electron chi connectivity index (χ1n) is 12.6. The van der Waals surface area contributed by atoms with E-state index in [4.69, 9.17) is 14.2 Å². The van der Waals surface area contributed by atoms with Crippen molar-refractivity contribution < 1.29 is 28.6 Å². The predicted octanol–water partition coefficient (Wildman–Crippen LogP) is 6.10. The van der Waals surface area contributed by atoms with E-state index >= 15 is 0 Å². The molecule has 0 unspecified atom stereocenters. The number of aromatic nitrogens is 1. The minimum Gasteiger partial charge on any atom is -0.467 e. The number of fused-ring (bicyclic) bond motifs is 1. The molecule has 1 N–H and O–H groups in total. The molecule has 0 saturated heterocycles. The summed E-state index contributed by atoms with van der Waals surface area (Å²) in [6.45, 7) is 5.44. The van der Waals surface area contributed by atoms with E-state index in [1.807, 2.05) is 78.9 Å². The highest BCUT2D eigenvalue weighted by Gasteiger charge is 2.27. The molecular formula is C31H32N2O6. The van der Waals surface area contributed by atoms with Crippen LogP contribution in [0.1, 0.15) is 31.9 Å². The van der Waals surface area contributed by atoms with Gasteiger partial charge < -0.3 is 19.5 Å². The minimum absolute atomic E-state index is 0.0545. The zero-order valence-electron chi connectivity index (χ0n) is 22.5. The molecule has 4 rings (SSSR count). The van der Waals surface area contributed by atoms with Crippen LogP contribution in [0.5, 0.6) is 0 Å². The second-order valence-electron chi connectivity index (χ2n) is 10.1. The molecule has 0 fully saturated rings. The van der Waals surface area contributed by atoms with Crippen LogP contribution >= 0.6 is 0 Å². The summed E-state index contributed by atoms with van der Waals surface area (Å²) in [5.74, 6) is -0.635. The lowest BCUT2D eigenvalue weighted by Gasteiger charge is -2.19. The van der Waals surface area contributed by atoms with Gasteiger partial charge in [0.15, 0.2) is 0 Å². The minimum atomic E-state index is -1.05. The first-order valence-corrected chi connectivity index (χ1v) is 12.6. The second kappa shape index (κ2) is 11.9. The molecule has 8 nitrogen and oxygen atoms in total. The molecule has 4 aromatic rings. The van der Waals surface area contributed by atoms with Crippen LogP contribution in [0.3, 0.4) is 0 Å². The molecule has 0 aliphatic rings. The molecule has 0 bridgehead atoms. The maximum absolute atomic E-state index is 13.1. The van der Waals surface area contributed by atoms with Gasteiger partial charge in [-0.05, 0) is 55.2 Å². The van der Waals surface area contributed by atoms with Crippen LogP contribution in [-0.4, -0.2) is 41.5 Å². The second-order valence-corrected chi connectivity index (χ2v) is 10.1. The van der Waals surface area contributed by atoms with Crippen LogP contribution in [0.15, 0.2) is 85.1 Å². The van der Waals surface area contributed by atoms with Crippen LogP contribution < -0.4 is 5.32 Å². The van der Waals surface area contributed by atoms with Gasteiger partial charge in [0, 0.05) is 18.0 Å². The molecule has 8 heteroatoms. The molecule has 0 spiro atoms. The van der Waals surface area contributed by atoms with Crippen molar-refractivity contribution >= 4 is 29.1 Å². The third-order valence-corrected chi connectivity index (χ3v) is 6.00. The number of hydrogen-bond acceptors (Lipinski definition) is 6. The standard InChI is InChI=1S/C31H32N2O6/c1-31(2,3)39-30(36)33-19-24(25-17-23(15-16-27(25)33)22-13-9-6-10-14-22)18-26(28(34)37-4)32-29(35)38-20-21-11-7-5-8-12-21/h5-17,19,26H,18,20H2,1-4H3,(H,32,35)/t26-/m0/s1. The molecule has 1 amide bonds. The number of ether oxygens (including phenoxy) is 3. The quantitative estimate of drug-likeness (QED) is 0.230. The van der Waals surface area contributed by atoms with Crippen molar-refractivity contribution in [3.05, 3.63) is 96.2 Å². The molecule has 0 aliphatic heterocycles. The van der Waals surface area contributed by atoms with Crippen LogP contribution in [0, 0.1) is 0 Å². The van der Waals surface area contributed by atoms with Crippen LogP contribution in [0.2, 0.25) is 0 Å². The Morgan fingerprint density at radius 3 is 2.21 bits per heavy atom. The number of alkyl carbamates (subject to hydrolysis) is 1. The van der Waals surface area contributed by atoms with E-state index in [1.54, 1.807) is 27.0 Å².